The van der Waals surface area contributed by atoms with Crippen molar-refractivity contribution in [2.24, 2.45) is 0 Å². The molecule has 0 unspecified atom stereocenters. The van der Waals surface area contributed by atoms with Gasteiger partial charge >= 0.3 is 5.97 Å². The number of ether oxygens (including phenoxy) is 1. The highest BCUT2D eigenvalue weighted by molar-refractivity contribution is 5.73. The molecule has 0 spiro atoms. The van der Waals surface area contributed by atoms with E-state index in [1.807, 2.05) is 0 Å². The van der Waals surface area contributed by atoms with Crippen molar-refractivity contribution in [3.05, 3.63) is 34.4 Å². The molecule has 0 bridgehead atoms. The largest absolute Gasteiger partial charge is 0.466 e. The summed E-state index contributed by atoms with van der Waals surface area (Å²) in [4.78, 5) is 11.4. The van der Waals surface area contributed by atoms with E-state index in [4.69, 9.17) is 10.00 Å². The molecular weight excluding hydrogens is 256 g/mol. The smallest absolute Gasteiger partial charge is 0.310 e. The second-order valence-electron chi connectivity index (χ2n) is 3.72. The molecule has 6 heteroatoms. The summed E-state index contributed by atoms with van der Waals surface area (Å²) in [6.07, 6.45) is -3.10. The zero-order chi connectivity index (χ0) is 14.4. The fourth-order valence-corrected chi connectivity index (χ4v) is 1.78. The van der Waals surface area contributed by atoms with Crippen LogP contribution >= 0.6 is 0 Å². The maximum Gasteiger partial charge on any atom is 0.310 e. The lowest BCUT2D eigenvalue weighted by atomic mass is 9.95. The molecule has 0 amide bonds. The van der Waals surface area contributed by atoms with Crippen molar-refractivity contribution in [1.29, 1.82) is 5.26 Å². The van der Waals surface area contributed by atoms with E-state index in [0.29, 0.717) is 0 Å². The van der Waals surface area contributed by atoms with Gasteiger partial charge in [-0.25, -0.2) is 8.78 Å². The first-order valence-corrected chi connectivity index (χ1v) is 5.64. The number of alkyl halides is 2. The molecule has 0 saturated heterocycles. The van der Waals surface area contributed by atoms with Gasteiger partial charge in [0.25, 0.3) is 6.43 Å². The third-order valence-corrected chi connectivity index (χ3v) is 2.59. The Morgan fingerprint density at radius 1 is 1.53 bits per heavy atom. The SMILES string of the molecule is CCOC(=O)Cc1ccc(C#N)c(C(F)F)c1CO. The summed E-state index contributed by atoms with van der Waals surface area (Å²) in [5.41, 5.74) is -0.559. The molecule has 1 aromatic carbocycles. The number of hydrogen-bond donors (Lipinski definition) is 1. The van der Waals surface area contributed by atoms with Crippen molar-refractivity contribution < 1.29 is 23.4 Å². The number of benzene rings is 1. The highest BCUT2D eigenvalue weighted by atomic mass is 19.3. The molecule has 0 aliphatic rings. The lowest BCUT2D eigenvalue weighted by Crippen LogP contribution is -2.11. The summed E-state index contributed by atoms with van der Waals surface area (Å²) >= 11 is 0. The highest BCUT2D eigenvalue weighted by Gasteiger charge is 2.21. The normalized spacial score (nSPS) is 10.3. The van der Waals surface area contributed by atoms with Gasteiger partial charge in [-0.3, -0.25) is 4.79 Å². The van der Waals surface area contributed by atoms with Gasteiger partial charge < -0.3 is 9.84 Å². The molecule has 0 radical (unpaired) electrons. The van der Waals surface area contributed by atoms with Gasteiger partial charge in [0, 0.05) is 5.56 Å². The van der Waals surface area contributed by atoms with Crippen LogP contribution in [0.1, 0.15) is 35.6 Å². The second-order valence-corrected chi connectivity index (χ2v) is 3.72. The first-order valence-electron chi connectivity index (χ1n) is 5.64. The van der Waals surface area contributed by atoms with Crippen molar-refractivity contribution in [1.82, 2.24) is 0 Å². The third-order valence-electron chi connectivity index (χ3n) is 2.59. The standard InChI is InChI=1S/C13H13F2NO3/c1-2-19-11(18)5-8-3-4-9(6-16)12(13(14)15)10(8)7-17/h3-4,13,17H,2,5,7H2,1H3. The van der Waals surface area contributed by atoms with Gasteiger partial charge in [0.1, 0.15) is 0 Å². The Morgan fingerprint density at radius 2 is 2.21 bits per heavy atom. The number of rotatable bonds is 5. The third kappa shape index (κ3) is 3.48. The van der Waals surface area contributed by atoms with Crippen LogP contribution in [0.15, 0.2) is 12.1 Å². The van der Waals surface area contributed by atoms with Crippen molar-refractivity contribution in [2.75, 3.05) is 6.61 Å². The molecule has 1 rings (SSSR count). The summed E-state index contributed by atoms with van der Waals surface area (Å²) in [5.74, 6) is -0.567. The second kappa shape index (κ2) is 6.81. The van der Waals surface area contributed by atoms with Crippen molar-refractivity contribution >= 4 is 5.97 Å². The Kier molecular flexibility index (Phi) is 5.39. The van der Waals surface area contributed by atoms with Gasteiger partial charge in [-0.1, -0.05) is 6.07 Å². The van der Waals surface area contributed by atoms with Crippen molar-refractivity contribution in [3.8, 4) is 6.07 Å². The number of nitriles is 1. The summed E-state index contributed by atoms with van der Waals surface area (Å²) in [5, 5.41) is 18.0. The number of halogens is 2. The highest BCUT2D eigenvalue weighted by Crippen LogP contribution is 2.29. The first-order chi connectivity index (χ1) is 9.04. The lowest BCUT2D eigenvalue weighted by molar-refractivity contribution is -0.142. The minimum atomic E-state index is -2.89. The van der Waals surface area contributed by atoms with E-state index in [9.17, 15) is 18.7 Å². The van der Waals surface area contributed by atoms with E-state index in [1.165, 1.54) is 12.1 Å². The van der Waals surface area contributed by atoms with Crippen LogP contribution in [0.4, 0.5) is 8.78 Å². The molecule has 0 heterocycles. The van der Waals surface area contributed by atoms with Gasteiger partial charge in [0.15, 0.2) is 0 Å². The molecule has 4 nitrogen and oxygen atoms in total. The van der Waals surface area contributed by atoms with E-state index in [1.54, 1.807) is 13.0 Å². The molecule has 1 aromatic rings. The number of aliphatic hydroxyl groups is 1. The predicted octanol–water partition coefficient (Wildman–Crippen LogP) is 2.09. The quantitative estimate of drug-likeness (QED) is 0.831. The molecule has 0 aromatic heterocycles. The van der Waals surface area contributed by atoms with E-state index < -0.39 is 24.6 Å². The van der Waals surface area contributed by atoms with Gasteiger partial charge in [0.2, 0.25) is 0 Å². The van der Waals surface area contributed by atoms with Crippen molar-refractivity contribution in [2.45, 2.75) is 26.4 Å². The number of carbonyl (C=O) groups excluding carboxylic acids is 1. The Morgan fingerprint density at radius 3 is 2.68 bits per heavy atom. The van der Waals surface area contributed by atoms with E-state index in [0.717, 1.165) is 0 Å². The van der Waals surface area contributed by atoms with Crippen LogP contribution in [0, 0.1) is 11.3 Å². The maximum atomic E-state index is 12.9. The van der Waals surface area contributed by atoms with E-state index >= 15 is 0 Å². The molecule has 102 valence electrons. The summed E-state index contributed by atoms with van der Waals surface area (Å²) < 4.78 is 30.6. The minimum absolute atomic E-state index is 0.0814. The summed E-state index contributed by atoms with van der Waals surface area (Å²) in [7, 11) is 0. The monoisotopic (exact) mass is 269 g/mol. The van der Waals surface area contributed by atoms with Crippen LogP contribution in [-0.2, 0) is 22.6 Å². The Hall–Kier alpha value is -2.00. The fraction of sp³-hybridized carbons (Fsp3) is 0.385. The first kappa shape index (κ1) is 15.1. The Balaban J connectivity index is 3.24. The Labute approximate surface area is 109 Å². The predicted molar refractivity (Wildman–Crippen MR) is 62.4 cm³/mol. The van der Waals surface area contributed by atoms with Gasteiger partial charge in [-0.2, -0.15) is 5.26 Å². The topological polar surface area (TPSA) is 70.3 Å². The van der Waals surface area contributed by atoms with Crippen LogP contribution in [-0.4, -0.2) is 17.7 Å². The maximum absolute atomic E-state index is 12.9. The average molecular weight is 269 g/mol. The van der Waals surface area contributed by atoms with Crippen LogP contribution in [0.2, 0.25) is 0 Å². The molecule has 0 atom stereocenters. The number of nitrogens with zero attached hydrogens (tertiary/aromatic N) is 1. The van der Waals surface area contributed by atoms with Crippen LogP contribution < -0.4 is 0 Å². The summed E-state index contributed by atoms with van der Waals surface area (Å²) in [6.45, 7) is 1.16. The molecule has 0 aliphatic heterocycles. The van der Waals surface area contributed by atoms with Crippen LogP contribution in [0.25, 0.3) is 0 Å². The number of aliphatic hydroxyl groups excluding tert-OH is 1. The number of esters is 1. The minimum Gasteiger partial charge on any atom is -0.466 e. The molecule has 0 aliphatic carbocycles. The summed E-state index contributed by atoms with van der Waals surface area (Å²) in [6, 6.07) is 4.25. The van der Waals surface area contributed by atoms with Gasteiger partial charge in [0.05, 0.1) is 31.3 Å². The number of hydrogen-bond acceptors (Lipinski definition) is 4. The molecule has 1 N–H and O–H groups in total. The van der Waals surface area contributed by atoms with E-state index in [-0.39, 0.29) is 29.7 Å². The fourth-order valence-electron chi connectivity index (χ4n) is 1.78. The van der Waals surface area contributed by atoms with Crippen LogP contribution in [0.3, 0.4) is 0 Å². The molecular formula is C13H13F2NO3. The average Bonchev–Trinajstić information content (AvgIpc) is 2.38. The zero-order valence-electron chi connectivity index (χ0n) is 10.3. The zero-order valence-corrected chi connectivity index (χ0v) is 10.3. The molecule has 0 saturated carbocycles. The lowest BCUT2D eigenvalue weighted by Gasteiger charge is -2.13. The number of carbonyl (C=O) groups is 1. The molecule has 19 heavy (non-hydrogen) atoms. The van der Waals surface area contributed by atoms with Crippen molar-refractivity contribution in [3.63, 3.8) is 0 Å². The van der Waals surface area contributed by atoms with E-state index in [2.05, 4.69) is 0 Å². The Bertz CT molecular complexity index is 509. The molecule has 0 fully saturated rings. The van der Waals surface area contributed by atoms with Crippen LogP contribution in [0.5, 0.6) is 0 Å². The van der Waals surface area contributed by atoms with Gasteiger partial charge in [-0.05, 0) is 24.1 Å². The van der Waals surface area contributed by atoms with Gasteiger partial charge in [-0.15, -0.1) is 0 Å².